The van der Waals surface area contributed by atoms with E-state index in [1.54, 1.807) is 0 Å². The maximum absolute atomic E-state index is 15.6. The molecule has 0 aromatic rings. The van der Waals surface area contributed by atoms with E-state index in [2.05, 4.69) is 54.5 Å². The average Bonchev–Trinajstić information content (AvgIpc) is 0.675. The van der Waals surface area contributed by atoms with Crippen molar-refractivity contribution in [3.05, 3.63) is 11.6 Å². The number of aliphatic hydroxyl groups excluding tert-OH is 16. The number of carboxylic acids is 1. The molecule has 556 valence electrons. The van der Waals surface area contributed by atoms with E-state index in [1.165, 1.54) is 20.8 Å². The van der Waals surface area contributed by atoms with Gasteiger partial charge in [-0.3, -0.25) is 4.79 Å². The number of carbonyl (C=O) groups excluding carboxylic acids is 1. The molecule has 17 N–H and O–H groups in total. The molecule has 0 aromatic heterocycles. The highest BCUT2D eigenvalue weighted by atomic mass is 16.8. The van der Waals surface area contributed by atoms with Crippen LogP contribution in [0.2, 0.25) is 0 Å². The van der Waals surface area contributed by atoms with Gasteiger partial charge in [0.25, 0.3) is 0 Å². The molecule has 6 saturated heterocycles. The van der Waals surface area contributed by atoms with E-state index < -0.39 is 232 Å². The van der Waals surface area contributed by atoms with Crippen molar-refractivity contribution in [1.29, 1.82) is 0 Å². The fourth-order valence-electron chi connectivity index (χ4n) is 19.3. The number of carbonyl (C=O) groups is 2. The number of ether oxygens (including phenoxy) is 12. The standard InChI is InChI=1S/C66H106O31/c1-24-34(69)38(73)44(79)54(86-24)92-48-26(3)88-56(46(81)43(48)78)95-51-40(75)36(71)29(22-67)90-58(51)97-60(85)66-19-17-61(4,5)21-28(66)27-11-12-32-63(8)15-14-33(62(6,7)31(63)13-16-65(32,10)64(27,9)18-20-66)91-59-52(42(77)41(76)50(94-59)53(83)84)96-57-47(82)49(37(72)30(23-68)89-57)93-55-45(80)39(74)35(70)25(2)87-55/h11,24-26,28-52,54-59,67-82H,12-23H2,1-10H3,(H,83,84)/t24-,25-,26-,28-,29+,30+,31?,32?,33-,34-,35-,36+,37+,38+,39+,40-,41-,42-,43-,44+,45+,46+,47+,48-,49-,50-,51+,52+,54-,55-,56-,57-,58-,59+,63-,64+,65+,66-/m0/s1. The summed E-state index contributed by atoms with van der Waals surface area (Å²) < 4.78 is 72.2. The smallest absolute Gasteiger partial charge is 0.335 e. The van der Waals surface area contributed by atoms with Gasteiger partial charge in [-0.2, -0.15) is 0 Å². The van der Waals surface area contributed by atoms with Gasteiger partial charge in [0.2, 0.25) is 6.29 Å². The summed E-state index contributed by atoms with van der Waals surface area (Å²) in [6.45, 7) is 18.0. The Morgan fingerprint density at radius 2 is 0.959 bits per heavy atom. The molecule has 38 atom stereocenters. The highest BCUT2D eigenvalue weighted by Crippen LogP contribution is 2.76. The fraction of sp³-hybridized carbons (Fsp3) is 0.939. The molecule has 31 nitrogen and oxygen atoms in total. The molecule has 10 fully saturated rings. The first kappa shape index (κ1) is 75.7. The molecule has 0 bridgehead atoms. The molecule has 0 radical (unpaired) electrons. The Labute approximate surface area is 562 Å². The van der Waals surface area contributed by atoms with Gasteiger partial charge >= 0.3 is 11.9 Å². The zero-order valence-corrected chi connectivity index (χ0v) is 56.5. The van der Waals surface area contributed by atoms with E-state index in [-0.39, 0.29) is 34.0 Å². The van der Waals surface area contributed by atoms with Gasteiger partial charge in [-0.25, -0.2) is 4.79 Å². The fourth-order valence-corrected chi connectivity index (χ4v) is 19.3. The van der Waals surface area contributed by atoms with Gasteiger partial charge in [-0.1, -0.05) is 60.1 Å². The van der Waals surface area contributed by atoms with Crippen LogP contribution in [0.3, 0.4) is 0 Å². The van der Waals surface area contributed by atoms with Crippen LogP contribution >= 0.6 is 0 Å². The Morgan fingerprint density at radius 3 is 1.55 bits per heavy atom. The molecule has 5 aliphatic carbocycles. The highest BCUT2D eigenvalue weighted by Gasteiger charge is 2.71. The molecule has 0 amide bonds. The molecule has 2 unspecified atom stereocenters. The van der Waals surface area contributed by atoms with Gasteiger partial charge in [0.15, 0.2) is 43.7 Å². The first-order valence-electron chi connectivity index (χ1n) is 34.4. The zero-order chi connectivity index (χ0) is 71.0. The average molecular weight is 1400 g/mol. The molecule has 97 heavy (non-hydrogen) atoms. The first-order valence-corrected chi connectivity index (χ1v) is 34.4. The second kappa shape index (κ2) is 27.9. The Balaban J connectivity index is 0.813. The van der Waals surface area contributed by atoms with E-state index >= 15 is 4.79 Å². The Morgan fingerprint density at radius 1 is 0.464 bits per heavy atom. The number of rotatable bonds is 15. The van der Waals surface area contributed by atoms with E-state index in [0.29, 0.717) is 57.8 Å². The molecule has 6 aliphatic heterocycles. The van der Waals surface area contributed by atoms with E-state index in [4.69, 9.17) is 56.8 Å². The number of fused-ring (bicyclic) bond motifs is 7. The molecule has 11 aliphatic rings. The van der Waals surface area contributed by atoms with Crippen LogP contribution in [0.5, 0.6) is 0 Å². The molecular weight excluding hydrogens is 1290 g/mol. The lowest BCUT2D eigenvalue weighted by atomic mass is 9.33. The number of carboxylic acid groups (broad SMARTS) is 1. The predicted molar refractivity (Wildman–Crippen MR) is 324 cm³/mol. The number of allylic oxidation sites excluding steroid dienone is 2. The summed E-state index contributed by atoms with van der Waals surface area (Å²) in [5, 5.41) is 186. The molecule has 4 saturated carbocycles. The Hall–Kier alpha value is -2.40. The minimum atomic E-state index is -2.10. The van der Waals surface area contributed by atoms with Crippen LogP contribution in [-0.4, -0.2) is 302 Å². The zero-order valence-electron chi connectivity index (χ0n) is 56.5. The Kier molecular flexibility index (Phi) is 21.8. The number of hydrogen-bond acceptors (Lipinski definition) is 30. The van der Waals surface area contributed by atoms with Gasteiger partial charge in [-0.15, -0.1) is 0 Å². The lowest BCUT2D eigenvalue weighted by Crippen LogP contribution is -2.68. The van der Waals surface area contributed by atoms with Crippen molar-refractivity contribution in [2.75, 3.05) is 13.2 Å². The van der Waals surface area contributed by atoms with Crippen molar-refractivity contribution < 1.29 is 153 Å². The van der Waals surface area contributed by atoms with Gasteiger partial charge < -0.3 is 144 Å². The summed E-state index contributed by atoms with van der Waals surface area (Å²) in [7, 11) is 0. The number of esters is 1. The first-order chi connectivity index (χ1) is 45.3. The summed E-state index contributed by atoms with van der Waals surface area (Å²) in [6.07, 6.45) is -43.7. The van der Waals surface area contributed by atoms with Gasteiger partial charge in [-0.05, 0) is 130 Å². The monoisotopic (exact) mass is 1390 g/mol. The summed E-state index contributed by atoms with van der Waals surface area (Å²) in [4.78, 5) is 28.3. The lowest BCUT2D eigenvalue weighted by Gasteiger charge is -2.71. The summed E-state index contributed by atoms with van der Waals surface area (Å²) >= 11 is 0. The maximum Gasteiger partial charge on any atom is 0.335 e. The molecule has 31 heteroatoms. The van der Waals surface area contributed by atoms with Crippen molar-refractivity contribution in [1.82, 2.24) is 0 Å². The minimum Gasteiger partial charge on any atom is -0.479 e. The third kappa shape index (κ3) is 12.9. The third-order valence-corrected chi connectivity index (χ3v) is 25.5. The second-order valence-electron chi connectivity index (χ2n) is 31.9. The second-order valence-corrected chi connectivity index (χ2v) is 31.9. The van der Waals surface area contributed by atoms with E-state index in [9.17, 15) is 91.6 Å². The van der Waals surface area contributed by atoms with Crippen LogP contribution in [0, 0.1) is 50.2 Å². The molecule has 0 aromatic carbocycles. The van der Waals surface area contributed by atoms with E-state index in [1.807, 2.05) is 0 Å². The predicted octanol–water partition coefficient (Wildman–Crippen LogP) is -3.21. The number of aliphatic hydroxyl groups is 16. The van der Waals surface area contributed by atoms with Crippen molar-refractivity contribution in [3.8, 4) is 0 Å². The normalized spacial score (nSPS) is 54.4. The minimum absolute atomic E-state index is 0.0492. The summed E-state index contributed by atoms with van der Waals surface area (Å²) in [5.41, 5.74) is -2.14. The topological polar surface area (TPSA) is 489 Å². The van der Waals surface area contributed by atoms with Crippen LogP contribution in [0.1, 0.15) is 133 Å². The quantitative estimate of drug-likeness (QED) is 0.0436. The molecular formula is C66H106O31. The maximum atomic E-state index is 15.6. The lowest BCUT2D eigenvalue weighted by molar-refractivity contribution is -0.388. The SMILES string of the molecule is C[C@@H]1O[C@@H](O[C@@H]2[C@@H](O)[C@H](O[C@H]3[C@H](O[C@H]4CC[C@@]5(C)C(CC[C@]6(C)C5CC=C5[C@@H]7CC(C)(C)CC[C@]7(C(=O)O[C@@H]7O[C@H](CO)[C@@H](O)[C@H](O)[C@H]7O[C@@H]7O[C@@H](C)[C@H](O[C@@H]8O[C@@H](C)[C@H](O)[C@@H](O)[C@H]8O)[C@@H](O)[C@H]7O)CC[C@]56C)C4(C)C)O[C@H](C(=O)O)[C@@H](O)[C@@H]3O)O[C@H](CO)[C@H]2O)[C@H](O)[C@H](O)[C@H]1O. The van der Waals surface area contributed by atoms with Crippen LogP contribution in [-0.2, 0) is 66.4 Å². The van der Waals surface area contributed by atoms with Crippen molar-refractivity contribution >= 4 is 11.9 Å². The molecule has 0 spiro atoms. The van der Waals surface area contributed by atoms with Crippen LogP contribution in [0.4, 0.5) is 0 Å². The Bertz CT molecular complexity index is 2800. The van der Waals surface area contributed by atoms with Crippen LogP contribution in [0.15, 0.2) is 11.6 Å². The number of aliphatic carboxylic acids is 1. The van der Waals surface area contributed by atoms with E-state index in [0.717, 1.165) is 12.0 Å². The van der Waals surface area contributed by atoms with Gasteiger partial charge in [0.1, 0.15) is 116 Å². The molecule has 11 rings (SSSR count). The number of hydrogen-bond donors (Lipinski definition) is 17. The van der Waals surface area contributed by atoms with Crippen molar-refractivity contribution in [3.63, 3.8) is 0 Å². The van der Waals surface area contributed by atoms with Crippen LogP contribution in [0.25, 0.3) is 0 Å². The van der Waals surface area contributed by atoms with Gasteiger partial charge in [0.05, 0.1) is 43.0 Å². The molecule has 6 heterocycles. The third-order valence-electron chi connectivity index (χ3n) is 25.5. The van der Waals surface area contributed by atoms with Crippen LogP contribution < -0.4 is 0 Å². The van der Waals surface area contributed by atoms with Gasteiger partial charge in [0, 0.05) is 0 Å². The highest BCUT2D eigenvalue weighted by molar-refractivity contribution is 5.79. The van der Waals surface area contributed by atoms with Crippen molar-refractivity contribution in [2.24, 2.45) is 50.2 Å². The summed E-state index contributed by atoms with van der Waals surface area (Å²) in [6, 6.07) is 0. The largest absolute Gasteiger partial charge is 0.479 e. The van der Waals surface area contributed by atoms with Crippen molar-refractivity contribution in [2.45, 2.75) is 324 Å². The summed E-state index contributed by atoms with van der Waals surface area (Å²) in [5.74, 6) is -2.61.